The van der Waals surface area contributed by atoms with Gasteiger partial charge < -0.3 is 9.15 Å². The zero-order valence-corrected chi connectivity index (χ0v) is 13.4. The molecule has 2 aromatic heterocycles. The fourth-order valence-corrected chi connectivity index (χ4v) is 3.05. The van der Waals surface area contributed by atoms with Crippen LogP contribution in [0.5, 0.6) is 5.75 Å². The van der Waals surface area contributed by atoms with Gasteiger partial charge in [-0.1, -0.05) is 0 Å². The zero-order chi connectivity index (χ0) is 17.5. The predicted octanol–water partition coefficient (Wildman–Crippen LogP) is 5.55. The average molecular weight is 357 g/mol. The molecule has 2 heterocycles. The third-order valence-electron chi connectivity index (χ3n) is 3.25. The molecule has 3 rings (SSSR count). The molecule has 3 aromatic rings. The summed E-state index contributed by atoms with van der Waals surface area (Å²) in [5.41, 5.74) is 1.07. The maximum atomic E-state index is 13.9. The number of benzene rings is 1. The molecule has 0 aliphatic carbocycles. The van der Waals surface area contributed by atoms with Crippen LogP contribution in [0.15, 0.2) is 34.1 Å². The van der Waals surface area contributed by atoms with Gasteiger partial charge in [-0.15, -0.1) is 11.3 Å². The van der Waals surface area contributed by atoms with E-state index in [-0.39, 0.29) is 22.8 Å². The monoisotopic (exact) mass is 357 g/mol. The number of rotatable bonds is 3. The van der Waals surface area contributed by atoms with E-state index in [1.54, 1.807) is 11.4 Å². The Labute approximate surface area is 138 Å². The molecule has 0 radical (unpaired) electrons. The van der Waals surface area contributed by atoms with E-state index in [9.17, 15) is 17.6 Å². The third-order valence-corrected chi connectivity index (χ3v) is 4.30. The number of hydrogen-bond acceptors (Lipinski definition) is 4. The number of halogens is 4. The number of aromatic nitrogens is 1. The minimum absolute atomic E-state index is 0.0113. The van der Waals surface area contributed by atoms with Crippen LogP contribution in [-0.4, -0.2) is 12.1 Å². The van der Waals surface area contributed by atoms with Crippen molar-refractivity contribution in [1.82, 2.24) is 4.98 Å². The van der Waals surface area contributed by atoms with Gasteiger partial charge in [-0.2, -0.15) is 13.2 Å². The second-order valence-electron chi connectivity index (χ2n) is 5.03. The molecule has 0 bridgehead atoms. The first kappa shape index (κ1) is 16.5. The molecule has 126 valence electrons. The Bertz CT molecular complexity index is 883. The van der Waals surface area contributed by atoms with E-state index in [1.807, 2.05) is 6.92 Å². The van der Waals surface area contributed by atoms with Crippen LogP contribution in [0, 0.1) is 12.7 Å². The number of aryl methyl sites for hydroxylation is 1. The minimum atomic E-state index is -4.73. The van der Waals surface area contributed by atoms with Crippen molar-refractivity contribution in [3.8, 4) is 27.6 Å². The maximum absolute atomic E-state index is 13.9. The molecule has 0 unspecified atom stereocenters. The highest BCUT2D eigenvalue weighted by molar-refractivity contribution is 7.13. The number of oxazole rings is 1. The zero-order valence-electron chi connectivity index (χ0n) is 12.6. The van der Waals surface area contributed by atoms with Crippen LogP contribution in [-0.2, 0) is 6.18 Å². The van der Waals surface area contributed by atoms with Gasteiger partial charge in [0.15, 0.2) is 17.3 Å². The van der Waals surface area contributed by atoms with Gasteiger partial charge in [-0.05, 0) is 42.1 Å². The van der Waals surface area contributed by atoms with Gasteiger partial charge in [0.2, 0.25) is 0 Å². The van der Waals surface area contributed by atoms with Gasteiger partial charge in [-0.3, -0.25) is 0 Å². The van der Waals surface area contributed by atoms with Crippen molar-refractivity contribution >= 4 is 11.3 Å². The number of nitrogens with zero attached hydrogens (tertiary/aromatic N) is 1. The van der Waals surface area contributed by atoms with Crippen molar-refractivity contribution in [3.05, 3.63) is 46.9 Å². The number of thiophene rings is 1. The molecular weight excluding hydrogens is 346 g/mol. The molecule has 8 heteroatoms. The first-order valence-electron chi connectivity index (χ1n) is 6.77. The van der Waals surface area contributed by atoms with Crippen LogP contribution in [0.4, 0.5) is 17.6 Å². The summed E-state index contributed by atoms with van der Waals surface area (Å²) in [5, 5.41) is 1.79. The van der Waals surface area contributed by atoms with Gasteiger partial charge >= 0.3 is 12.1 Å². The molecule has 1 aromatic carbocycles. The van der Waals surface area contributed by atoms with Gasteiger partial charge in [0.25, 0.3) is 0 Å². The highest BCUT2D eigenvalue weighted by Gasteiger charge is 2.39. The van der Waals surface area contributed by atoms with Crippen LogP contribution < -0.4 is 4.74 Å². The first-order chi connectivity index (χ1) is 11.3. The number of ether oxygens (including phenoxy) is 1. The minimum Gasteiger partial charge on any atom is -0.494 e. The van der Waals surface area contributed by atoms with Crippen molar-refractivity contribution in [2.24, 2.45) is 0 Å². The molecule has 0 saturated carbocycles. The third kappa shape index (κ3) is 3.01. The number of hydrogen-bond donors (Lipinski definition) is 0. The van der Waals surface area contributed by atoms with E-state index < -0.39 is 17.9 Å². The molecule has 24 heavy (non-hydrogen) atoms. The van der Waals surface area contributed by atoms with E-state index in [1.165, 1.54) is 30.6 Å². The summed E-state index contributed by atoms with van der Waals surface area (Å²) in [4.78, 5) is 4.09. The number of methoxy groups -OCH3 is 1. The molecule has 0 amide bonds. The largest absolute Gasteiger partial charge is 0.494 e. The molecule has 0 aliphatic heterocycles. The van der Waals surface area contributed by atoms with Crippen molar-refractivity contribution in [2.75, 3.05) is 7.11 Å². The summed E-state index contributed by atoms with van der Waals surface area (Å²) < 4.78 is 62.6. The lowest BCUT2D eigenvalue weighted by atomic mass is 10.1. The quantitative estimate of drug-likeness (QED) is 0.577. The average Bonchev–Trinajstić information content (AvgIpc) is 3.12. The fourth-order valence-electron chi connectivity index (χ4n) is 2.17. The summed E-state index contributed by atoms with van der Waals surface area (Å²) in [7, 11) is 1.30. The summed E-state index contributed by atoms with van der Waals surface area (Å²) in [5.74, 6) is -2.21. The SMILES string of the molecule is COc1ccc(-c2oc(C(F)(F)F)nc2-c2cc(C)cs2)cc1F. The smallest absolute Gasteiger partial charge is 0.468 e. The lowest BCUT2D eigenvalue weighted by Gasteiger charge is -2.04. The lowest BCUT2D eigenvalue weighted by Crippen LogP contribution is -2.04. The van der Waals surface area contributed by atoms with E-state index >= 15 is 0 Å². The van der Waals surface area contributed by atoms with Crippen molar-refractivity contribution < 1.29 is 26.7 Å². The number of alkyl halides is 3. The van der Waals surface area contributed by atoms with E-state index in [0.29, 0.717) is 4.88 Å². The Morgan fingerprint density at radius 3 is 2.50 bits per heavy atom. The van der Waals surface area contributed by atoms with Crippen LogP contribution in [0.3, 0.4) is 0 Å². The van der Waals surface area contributed by atoms with E-state index in [2.05, 4.69) is 4.98 Å². The van der Waals surface area contributed by atoms with Crippen LogP contribution in [0.1, 0.15) is 11.5 Å². The maximum Gasteiger partial charge on any atom is 0.468 e. The summed E-state index contributed by atoms with van der Waals surface area (Å²) in [6, 6.07) is 5.51. The normalized spacial score (nSPS) is 11.8. The van der Waals surface area contributed by atoms with Crippen molar-refractivity contribution in [3.63, 3.8) is 0 Å². The molecule has 0 N–H and O–H groups in total. The highest BCUT2D eigenvalue weighted by Crippen LogP contribution is 2.40. The first-order valence-corrected chi connectivity index (χ1v) is 7.65. The molecule has 3 nitrogen and oxygen atoms in total. The van der Waals surface area contributed by atoms with E-state index in [0.717, 1.165) is 11.6 Å². The Morgan fingerprint density at radius 1 is 1.21 bits per heavy atom. The second-order valence-corrected chi connectivity index (χ2v) is 5.94. The van der Waals surface area contributed by atoms with Crippen LogP contribution >= 0.6 is 11.3 Å². The van der Waals surface area contributed by atoms with Crippen LogP contribution in [0.2, 0.25) is 0 Å². The van der Waals surface area contributed by atoms with Gasteiger partial charge in [0.1, 0.15) is 5.69 Å². The predicted molar refractivity (Wildman–Crippen MR) is 81.5 cm³/mol. The molecule has 0 saturated heterocycles. The molecule has 0 fully saturated rings. The Kier molecular flexibility index (Phi) is 4.08. The lowest BCUT2D eigenvalue weighted by molar-refractivity contribution is -0.156. The molecule has 0 atom stereocenters. The standard InChI is InChI=1S/C16H11F4NO2S/c1-8-5-12(24-7-8)13-14(23-15(21-13)16(18,19)20)9-3-4-11(22-2)10(17)6-9/h3-7H,1-2H3. The Hall–Kier alpha value is -2.35. The van der Waals surface area contributed by atoms with Gasteiger partial charge in [-0.25, -0.2) is 9.37 Å². The molecule has 0 spiro atoms. The van der Waals surface area contributed by atoms with Crippen molar-refractivity contribution in [2.45, 2.75) is 13.1 Å². The highest BCUT2D eigenvalue weighted by atomic mass is 32.1. The second kappa shape index (κ2) is 5.94. The summed E-state index contributed by atoms with van der Waals surface area (Å²) in [6.45, 7) is 1.82. The summed E-state index contributed by atoms with van der Waals surface area (Å²) >= 11 is 1.24. The Balaban J connectivity index is 2.18. The van der Waals surface area contributed by atoms with Crippen molar-refractivity contribution in [1.29, 1.82) is 0 Å². The van der Waals surface area contributed by atoms with Crippen LogP contribution in [0.25, 0.3) is 21.9 Å². The molecule has 0 aliphatic rings. The fraction of sp³-hybridized carbons (Fsp3) is 0.188. The van der Waals surface area contributed by atoms with E-state index in [4.69, 9.17) is 9.15 Å². The van der Waals surface area contributed by atoms with Gasteiger partial charge in [0.05, 0.1) is 12.0 Å². The topological polar surface area (TPSA) is 35.3 Å². The molecular formula is C16H11F4NO2S. The Morgan fingerprint density at radius 2 is 1.96 bits per heavy atom. The van der Waals surface area contributed by atoms with Gasteiger partial charge in [0, 0.05) is 5.56 Å². The summed E-state index contributed by atoms with van der Waals surface area (Å²) in [6.07, 6.45) is -4.73.